The second kappa shape index (κ2) is 12.7. The van der Waals surface area contributed by atoms with Gasteiger partial charge >= 0.3 is 0 Å². The SMILES string of the molecule is CN=C(NCCCOC1CCOC1)NCCc1ccc(Cl)nc1.I. The van der Waals surface area contributed by atoms with Crippen LogP contribution in [0, 0.1) is 0 Å². The number of rotatable bonds is 8. The van der Waals surface area contributed by atoms with Crippen LogP contribution in [-0.4, -0.2) is 57.0 Å². The second-order valence-corrected chi connectivity index (χ2v) is 5.76. The van der Waals surface area contributed by atoms with Crippen LogP contribution in [0.15, 0.2) is 23.3 Å². The summed E-state index contributed by atoms with van der Waals surface area (Å²) in [5.41, 5.74) is 1.14. The van der Waals surface area contributed by atoms with Crippen molar-refractivity contribution >= 4 is 41.5 Å². The Bertz CT molecular complexity index is 481. The van der Waals surface area contributed by atoms with Crippen molar-refractivity contribution < 1.29 is 9.47 Å². The summed E-state index contributed by atoms with van der Waals surface area (Å²) in [6.07, 6.45) is 4.90. The molecular weight excluding hydrogens is 443 g/mol. The van der Waals surface area contributed by atoms with Gasteiger partial charge in [-0.25, -0.2) is 4.98 Å². The Morgan fingerprint density at radius 2 is 2.25 bits per heavy atom. The molecule has 0 radical (unpaired) electrons. The van der Waals surface area contributed by atoms with Crippen molar-refractivity contribution in [1.29, 1.82) is 0 Å². The minimum Gasteiger partial charge on any atom is -0.379 e. The third-order valence-corrected chi connectivity index (χ3v) is 3.80. The number of aromatic nitrogens is 1. The van der Waals surface area contributed by atoms with Gasteiger partial charge in [-0.1, -0.05) is 17.7 Å². The fourth-order valence-corrected chi connectivity index (χ4v) is 2.39. The van der Waals surface area contributed by atoms with E-state index in [0.717, 1.165) is 63.7 Å². The van der Waals surface area contributed by atoms with Crippen LogP contribution in [0.5, 0.6) is 0 Å². The van der Waals surface area contributed by atoms with E-state index < -0.39 is 0 Å². The number of hydrogen-bond donors (Lipinski definition) is 2. The van der Waals surface area contributed by atoms with Crippen molar-refractivity contribution in [1.82, 2.24) is 15.6 Å². The smallest absolute Gasteiger partial charge is 0.190 e. The Morgan fingerprint density at radius 3 is 2.92 bits per heavy atom. The lowest BCUT2D eigenvalue weighted by atomic mass is 10.2. The van der Waals surface area contributed by atoms with Crippen LogP contribution in [0.1, 0.15) is 18.4 Å². The minimum atomic E-state index is 0. The largest absolute Gasteiger partial charge is 0.379 e. The summed E-state index contributed by atoms with van der Waals surface area (Å²) in [5, 5.41) is 7.08. The van der Waals surface area contributed by atoms with E-state index in [0.29, 0.717) is 5.15 Å². The Morgan fingerprint density at radius 1 is 1.42 bits per heavy atom. The quantitative estimate of drug-likeness (QED) is 0.201. The first kappa shape index (κ1) is 21.4. The molecule has 2 N–H and O–H groups in total. The molecule has 24 heavy (non-hydrogen) atoms. The van der Waals surface area contributed by atoms with Gasteiger partial charge in [0, 0.05) is 39.5 Å². The van der Waals surface area contributed by atoms with E-state index in [9.17, 15) is 0 Å². The van der Waals surface area contributed by atoms with Crippen molar-refractivity contribution in [2.24, 2.45) is 4.99 Å². The third-order valence-electron chi connectivity index (χ3n) is 3.57. The predicted octanol–water partition coefficient (Wildman–Crippen LogP) is 2.26. The van der Waals surface area contributed by atoms with Crippen LogP contribution in [0.2, 0.25) is 5.15 Å². The molecule has 1 aromatic heterocycles. The van der Waals surface area contributed by atoms with Crippen LogP contribution in [0.4, 0.5) is 0 Å². The highest BCUT2D eigenvalue weighted by Gasteiger charge is 2.15. The molecule has 1 aliphatic rings. The first-order valence-electron chi connectivity index (χ1n) is 8.02. The number of halogens is 2. The van der Waals surface area contributed by atoms with E-state index in [1.165, 1.54) is 0 Å². The van der Waals surface area contributed by atoms with Gasteiger partial charge in [0.2, 0.25) is 0 Å². The lowest BCUT2D eigenvalue weighted by Crippen LogP contribution is -2.39. The molecule has 136 valence electrons. The summed E-state index contributed by atoms with van der Waals surface area (Å²) in [6, 6.07) is 3.79. The van der Waals surface area contributed by atoms with Gasteiger partial charge in [-0.2, -0.15) is 0 Å². The van der Waals surface area contributed by atoms with Crippen LogP contribution in [-0.2, 0) is 15.9 Å². The third kappa shape index (κ3) is 8.46. The number of aliphatic imine (C=N–C) groups is 1. The summed E-state index contributed by atoms with van der Waals surface area (Å²) < 4.78 is 11.0. The minimum absolute atomic E-state index is 0. The number of guanidine groups is 1. The van der Waals surface area contributed by atoms with Crippen LogP contribution < -0.4 is 10.6 Å². The van der Waals surface area contributed by atoms with Crippen molar-refractivity contribution in [3.63, 3.8) is 0 Å². The molecule has 8 heteroatoms. The summed E-state index contributed by atoms with van der Waals surface area (Å²) in [5.74, 6) is 0.802. The molecule has 0 amide bonds. The highest BCUT2D eigenvalue weighted by Crippen LogP contribution is 2.08. The van der Waals surface area contributed by atoms with Crippen molar-refractivity contribution in [3.8, 4) is 0 Å². The zero-order chi connectivity index (χ0) is 16.3. The first-order chi connectivity index (χ1) is 11.3. The molecule has 0 bridgehead atoms. The maximum absolute atomic E-state index is 5.77. The Kier molecular flexibility index (Phi) is 11.3. The average molecular weight is 469 g/mol. The van der Waals surface area contributed by atoms with Gasteiger partial charge in [-0.3, -0.25) is 4.99 Å². The summed E-state index contributed by atoms with van der Waals surface area (Å²) in [7, 11) is 1.77. The van der Waals surface area contributed by atoms with Crippen molar-refractivity contribution in [2.75, 3.05) is 40.0 Å². The molecule has 0 aromatic carbocycles. The summed E-state index contributed by atoms with van der Waals surface area (Å²) in [4.78, 5) is 8.27. The number of hydrogen-bond acceptors (Lipinski definition) is 4. The molecule has 0 spiro atoms. The molecule has 0 saturated carbocycles. The van der Waals surface area contributed by atoms with Gasteiger partial charge in [-0.15, -0.1) is 24.0 Å². The van der Waals surface area contributed by atoms with Gasteiger partial charge < -0.3 is 20.1 Å². The van der Waals surface area contributed by atoms with Crippen LogP contribution >= 0.6 is 35.6 Å². The molecule has 1 aromatic rings. The second-order valence-electron chi connectivity index (χ2n) is 5.37. The maximum Gasteiger partial charge on any atom is 0.190 e. The fraction of sp³-hybridized carbons (Fsp3) is 0.625. The lowest BCUT2D eigenvalue weighted by Gasteiger charge is -2.13. The Labute approximate surface area is 165 Å². The zero-order valence-electron chi connectivity index (χ0n) is 14.0. The number of nitrogens with zero attached hydrogens (tertiary/aromatic N) is 2. The van der Waals surface area contributed by atoms with Gasteiger partial charge in [-0.05, 0) is 30.9 Å². The topological polar surface area (TPSA) is 67.8 Å². The van der Waals surface area contributed by atoms with E-state index in [4.69, 9.17) is 21.1 Å². The molecule has 1 atom stereocenters. The van der Waals surface area contributed by atoms with Gasteiger partial charge in [0.15, 0.2) is 5.96 Å². The number of pyridine rings is 1. The van der Waals surface area contributed by atoms with E-state index in [2.05, 4.69) is 20.6 Å². The molecule has 6 nitrogen and oxygen atoms in total. The predicted molar refractivity (Wildman–Crippen MR) is 108 cm³/mol. The fourth-order valence-electron chi connectivity index (χ4n) is 2.27. The molecular formula is C16H26ClIN4O2. The standard InChI is InChI=1S/C16H25ClN4O2.HI/c1-18-16(19-7-2-9-23-14-6-10-22-12-14)20-8-5-13-3-4-15(17)21-11-13;/h3-4,11,14H,2,5-10,12H2,1H3,(H2,18,19,20);1H. The molecule has 1 aliphatic heterocycles. The highest BCUT2D eigenvalue weighted by atomic mass is 127. The van der Waals surface area contributed by atoms with Crippen molar-refractivity contribution in [3.05, 3.63) is 29.0 Å². The molecule has 2 heterocycles. The van der Waals surface area contributed by atoms with Crippen LogP contribution in [0.25, 0.3) is 0 Å². The summed E-state index contributed by atoms with van der Waals surface area (Å²) in [6.45, 7) is 3.92. The molecule has 1 saturated heterocycles. The molecule has 1 unspecified atom stereocenters. The van der Waals surface area contributed by atoms with E-state index >= 15 is 0 Å². The highest BCUT2D eigenvalue weighted by molar-refractivity contribution is 14.0. The van der Waals surface area contributed by atoms with E-state index in [-0.39, 0.29) is 30.1 Å². The number of nitrogens with one attached hydrogen (secondary N) is 2. The van der Waals surface area contributed by atoms with E-state index in [1.54, 1.807) is 19.3 Å². The summed E-state index contributed by atoms with van der Waals surface area (Å²) >= 11 is 5.77. The van der Waals surface area contributed by atoms with E-state index in [1.807, 2.05) is 6.07 Å². The molecule has 0 aliphatic carbocycles. The normalized spacial score (nSPS) is 17.4. The zero-order valence-corrected chi connectivity index (χ0v) is 17.0. The van der Waals surface area contributed by atoms with Gasteiger partial charge in [0.25, 0.3) is 0 Å². The van der Waals surface area contributed by atoms with Gasteiger partial charge in [0.05, 0.1) is 12.7 Å². The monoisotopic (exact) mass is 468 g/mol. The molecule has 2 rings (SSSR count). The average Bonchev–Trinajstić information content (AvgIpc) is 3.08. The number of ether oxygens (including phenoxy) is 2. The Hall–Kier alpha value is -0.640. The first-order valence-corrected chi connectivity index (χ1v) is 8.40. The maximum atomic E-state index is 5.77. The van der Waals surface area contributed by atoms with Gasteiger partial charge in [0.1, 0.15) is 5.15 Å². The lowest BCUT2D eigenvalue weighted by molar-refractivity contribution is 0.0420. The van der Waals surface area contributed by atoms with Crippen LogP contribution in [0.3, 0.4) is 0 Å². The Balaban J connectivity index is 0.00000288. The van der Waals surface area contributed by atoms with Crippen molar-refractivity contribution in [2.45, 2.75) is 25.4 Å². The molecule has 1 fully saturated rings.